The number of hydrogen-bond donors (Lipinski definition) is 2. The van der Waals surface area contributed by atoms with Crippen molar-refractivity contribution in [1.29, 1.82) is 0 Å². The number of nitrogens with one attached hydrogen (secondary N) is 1. The number of phenols is 1. The molecule has 0 radical (unpaired) electrons. The van der Waals surface area contributed by atoms with E-state index in [-0.39, 0.29) is 36.6 Å². The van der Waals surface area contributed by atoms with Gasteiger partial charge in [-0.1, -0.05) is 5.57 Å². The first kappa shape index (κ1) is 23.5. The lowest BCUT2D eigenvalue weighted by molar-refractivity contribution is 0.172. The molecular formula is C17H27BrCl2N2O2. The molecule has 0 bridgehead atoms. The van der Waals surface area contributed by atoms with Crippen molar-refractivity contribution in [3.8, 4) is 11.5 Å². The Hall–Kier alpha value is -0.460. The zero-order chi connectivity index (χ0) is 16.1. The van der Waals surface area contributed by atoms with Crippen LogP contribution in [0, 0.1) is 0 Å². The summed E-state index contributed by atoms with van der Waals surface area (Å²) in [6.07, 6.45) is 0.906. The smallest absolute Gasteiger partial charge is 0.172 e. The molecule has 1 atom stereocenters. The topological polar surface area (TPSA) is 44.7 Å². The first-order valence-electron chi connectivity index (χ1n) is 7.77. The molecule has 0 spiro atoms. The fourth-order valence-electron chi connectivity index (χ4n) is 2.83. The predicted octanol–water partition coefficient (Wildman–Crippen LogP) is 4.31. The van der Waals surface area contributed by atoms with E-state index in [2.05, 4.69) is 39.6 Å². The van der Waals surface area contributed by atoms with Gasteiger partial charge in [-0.2, -0.15) is 0 Å². The third-order valence-electron chi connectivity index (χ3n) is 3.87. The van der Waals surface area contributed by atoms with Gasteiger partial charge in [-0.3, -0.25) is 4.90 Å². The number of benzene rings is 1. The van der Waals surface area contributed by atoms with E-state index in [1.54, 1.807) is 0 Å². The van der Waals surface area contributed by atoms with Crippen molar-refractivity contribution in [1.82, 2.24) is 10.2 Å². The molecule has 0 aromatic heterocycles. The molecular weight excluding hydrogens is 415 g/mol. The molecule has 1 aromatic rings. The molecule has 0 unspecified atom stereocenters. The van der Waals surface area contributed by atoms with E-state index >= 15 is 0 Å². The standard InChI is InChI=1S/C17H25BrN2O2.2ClH/c1-4-22-16-11-13(10-14(18)17(16)21)15(9-12(2)3)20-7-5-19-6-8-20;;/h10-11,15,19,21H,2,4-9H2,1,3H3;2*1H/t15-;;/m0../s1. The summed E-state index contributed by atoms with van der Waals surface area (Å²) in [5, 5.41) is 13.5. The van der Waals surface area contributed by atoms with Gasteiger partial charge in [0.25, 0.3) is 0 Å². The number of aromatic hydroxyl groups is 1. The average Bonchev–Trinajstić information content (AvgIpc) is 2.50. The molecule has 2 N–H and O–H groups in total. The molecule has 138 valence electrons. The Bertz CT molecular complexity index is 538. The maximum Gasteiger partial charge on any atom is 0.172 e. The Kier molecular flexibility index (Phi) is 11.0. The van der Waals surface area contributed by atoms with Crippen LogP contribution in [0.4, 0.5) is 0 Å². The van der Waals surface area contributed by atoms with Crippen molar-refractivity contribution in [2.24, 2.45) is 0 Å². The molecule has 1 fully saturated rings. The third kappa shape index (κ3) is 6.12. The Morgan fingerprint density at radius 1 is 1.38 bits per heavy atom. The van der Waals surface area contributed by atoms with Crippen LogP contribution < -0.4 is 10.1 Å². The van der Waals surface area contributed by atoms with Crippen molar-refractivity contribution in [2.45, 2.75) is 26.3 Å². The summed E-state index contributed by atoms with van der Waals surface area (Å²) < 4.78 is 6.24. The second-order valence-corrected chi connectivity index (χ2v) is 6.60. The fourth-order valence-corrected chi connectivity index (χ4v) is 3.29. The van der Waals surface area contributed by atoms with Gasteiger partial charge in [0.1, 0.15) is 0 Å². The molecule has 7 heteroatoms. The molecule has 1 aliphatic heterocycles. The second kappa shape index (κ2) is 11.2. The number of hydrogen-bond acceptors (Lipinski definition) is 4. The second-order valence-electron chi connectivity index (χ2n) is 5.75. The minimum Gasteiger partial charge on any atom is -0.503 e. The van der Waals surface area contributed by atoms with Gasteiger partial charge in [0.15, 0.2) is 11.5 Å². The van der Waals surface area contributed by atoms with E-state index in [0.717, 1.165) is 43.7 Å². The molecule has 0 amide bonds. The molecule has 1 aromatic carbocycles. The minimum absolute atomic E-state index is 0. The van der Waals surface area contributed by atoms with Gasteiger partial charge in [-0.25, -0.2) is 0 Å². The summed E-state index contributed by atoms with van der Waals surface area (Å²) >= 11 is 3.44. The van der Waals surface area contributed by atoms with Crippen LogP contribution in [0.2, 0.25) is 0 Å². The van der Waals surface area contributed by atoms with Crippen LogP contribution >= 0.6 is 40.7 Å². The summed E-state index contributed by atoms with van der Waals surface area (Å²) in [6.45, 7) is 12.6. The largest absolute Gasteiger partial charge is 0.503 e. The zero-order valence-electron chi connectivity index (χ0n) is 14.2. The first-order chi connectivity index (χ1) is 10.5. The van der Waals surface area contributed by atoms with Crippen LogP contribution in [0.3, 0.4) is 0 Å². The highest BCUT2D eigenvalue weighted by Gasteiger charge is 2.24. The normalized spacial score (nSPS) is 15.8. The molecule has 0 saturated carbocycles. The highest BCUT2D eigenvalue weighted by Crippen LogP contribution is 2.39. The van der Waals surface area contributed by atoms with E-state index in [4.69, 9.17) is 4.74 Å². The zero-order valence-corrected chi connectivity index (χ0v) is 17.4. The predicted molar refractivity (Wildman–Crippen MR) is 108 cm³/mol. The Morgan fingerprint density at radius 3 is 2.54 bits per heavy atom. The summed E-state index contributed by atoms with van der Waals surface area (Å²) in [7, 11) is 0. The van der Waals surface area contributed by atoms with Crippen molar-refractivity contribution in [2.75, 3.05) is 32.8 Å². The van der Waals surface area contributed by atoms with Crippen LogP contribution in [0.5, 0.6) is 11.5 Å². The third-order valence-corrected chi connectivity index (χ3v) is 4.47. The Labute approximate surface area is 165 Å². The molecule has 0 aliphatic carbocycles. The maximum atomic E-state index is 10.1. The minimum atomic E-state index is 0. The SMILES string of the molecule is C=C(C)C[C@@H](c1cc(Br)c(O)c(OCC)c1)N1CCNCC1.Cl.Cl. The van der Waals surface area contributed by atoms with Gasteiger partial charge in [0.05, 0.1) is 11.1 Å². The molecule has 1 heterocycles. The highest BCUT2D eigenvalue weighted by atomic mass is 79.9. The van der Waals surface area contributed by atoms with Crippen LogP contribution in [-0.4, -0.2) is 42.8 Å². The molecule has 1 aliphatic rings. The van der Waals surface area contributed by atoms with E-state index in [0.29, 0.717) is 16.8 Å². The number of phenolic OH excluding ortho intramolecular Hbond substituents is 1. The lowest BCUT2D eigenvalue weighted by Crippen LogP contribution is -2.45. The van der Waals surface area contributed by atoms with Crippen molar-refractivity contribution in [3.05, 3.63) is 34.3 Å². The summed E-state index contributed by atoms with van der Waals surface area (Å²) in [4.78, 5) is 2.47. The van der Waals surface area contributed by atoms with Crippen molar-refractivity contribution >= 4 is 40.7 Å². The number of rotatable bonds is 6. The molecule has 1 saturated heterocycles. The summed E-state index contributed by atoms with van der Waals surface area (Å²) in [5.41, 5.74) is 2.31. The van der Waals surface area contributed by atoms with Gasteiger partial charge >= 0.3 is 0 Å². The van der Waals surface area contributed by atoms with Crippen molar-refractivity contribution < 1.29 is 9.84 Å². The van der Waals surface area contributed by atoms with E-state index in [1.807, 2.05) is 19.1 Å². The molecule has 24 heavy (non-hydrogen) atoms. The molecule has 4 nitrogen and oxygen atoms in total. The Morgan fingerprint density at radius 2 is 2.00 bits per heavy atom. The van der Waals surface area contributed by atoms with Crippen LogP contribution in [0.25, 0.3) is 0 Å². The average molecular weight is 442 g/mol. The van der Waals surface area contributed by atoms with Gasteiger partial charge in [0.2, 0.25) is 0 Å². The van der Waals surface area contributed by atoms with E-state index < -0.39 is 0 Å². The lowest BCUT2D eigenvalue weighted by atomic mass is 9.97. The van der Waals surface area contributed by atoms with Gasteiger partial charge < -0.3 is 15.2 Å². The fraction of sp³-hybridized carbons (Fsp3) is 0.529. The number of nitrogens with zero attached hydrogens (tertiary/aromatic N) is 1. The van der Waals surface area contributed by atoms with Crippen molar-refractivity contribution in [3.63, 3.8) is 0 Å². The number of piperazine rings is 1. The van der Waals surface area contributed by atoms with E-state index in [9.17, 15) is 5.11 Å². The summed E-state index contributed by atoms with van der Waals surface area (Å²) in [6, 6.07) is 4.21. The summed E-state index contributed by atoms with van der Waals surface area (Å²) in [5.74, 6) is 0.703. The lowest BCUT2D eigenvalue weighted by Gasteiger charge is -2.35. The van der Waals surface area contributed by atoms with E-state index in [1.165, 1.54) is 0 Å². The van der Waals surface area contributed by atoms with Crippen LogP contribution in [0.1, 0.15) is 31.9 Å². The van der Waals surface area contributed by atoms with Gasteiger partial charge in [-0.15, -0.1) is 31.4 Å². The van der Waals surface area contributed by atoms with Crippen LogP contribution in [-0.2, 0) is 0 Å². The van der Waals surface area contributed by atoms with Gasteiger partial charge in [0, 0.05) is 32.2 Å². The maximum absolute atomic E-state index is 10.1. The highest BCUT2D eigenvalue weighted by molar-refractivity contribution is 9.10. The van der Waals surface area contributed by atoms with Crippen LogP contribution in [0.15, 0.2) is 28.8 Å². The Balaban J connectivity index is 0.00000264. The first-order valence-corrected chi connectivity index (χ1v) is 8.56. The monoisotopic (exact) mass is 440 g/mol. The number of halogens is 3. The quantitative estimate of drug-likeness (QED) is 0.645. The molecule has 2 rings (SSSR count). The number of ether oxygens (including phenoxy) is 1. The van der Waals surface area contributed by atoms with Gasteiger partial charge in [-0.05, 0) is 53.9 Å².